The maximum absolute atomic E-state index is 13.1. The summed E-state index contributed by atoms with van der Waals surface area (Å²) in [5.74, 6) is -2.47. The zero-order valence-electron chi connectivity index (χ0n) is 29.1. The number of hydrogen-bond acceptors (Lipinski definition) is 15. The van der Waals surface area contributed by atoms with E-state index in [2.05, 4.69) is 13.2 Å². The SMILES string of the molecule is C=CC(=O)OCCCCOC(=O)Oc1ccc(C(=O)Oc2cccc(OC(=O)c3ccc(OC(=O)OCCCCOC(=O)C=C)cc3C)c2OC)cc1. The van der Waals surface area contributed by atoms with Crippen LogP contribution in [0.25, 0.3) is 0 Å². The third kappa shape index (κ3) is 13.9. The van der Waals surface area contributed by atoms with E-state index in [0.29, 0.717) is 31.2 Å². The van der Waals surface area contributed by atoms with Gasteiger partial charge < -0.3 is 42.6 Å². The van der Waals surface area contributed by atoms with Crippen molar-refractivity contribution in [3.05, 3.63) is 103 Å². The molecule has 0 aliphatic heterocycles. The van der Waals surface area contributed by atoms with Crippen LogP contribution >= 0.6 is 0 Å². The van der Waals surface area contributed by atoms with Gasteiger partial charge in [0.25, 0.3) is 0 Å². The average Bonchev–Trinajstić information content (AvgIpc) is 3.14. The van der Waals surface area contributed by atoms with Gasteiger partial charge in [0.2, 0.25) is 5.75 Å². The number of hydrogen-bond donors (Lipinski definition) is 0. The standard InChI is InChI=1S/C38H38O15/c1-5-32(39)46-20-7-9-22-48-37(43)50-27-16-14-26(15-17-27)35(41)52-30-12-11-13-31(34(30)45-4)53-36(42)29-19-18-28(24-25(29)3)51-38(44)49-23-10-8-21-47-33(40)6-2/h5-6,11-19,24H,1-2,7-10,20-23H2,3-4H3. The van der Waals surface area contributed by atoms with Crippen LogP contribution in [-0.4, -0.2) is 69.7 Å². The summed E-state index contributed by atoms with van der Waals surface area (Å²) in [6.07, 6.45) is 2.06. The van der Waals surface area contributed by atoms with Crippen molar-refractivity contribution in [2.45, 2.75) is 32.6 Å². The molecule has 0 aliphatic carbocycles. The van der Waals surface area contributed by atoms with Crippen LogP contribution in [-0.2, 0) is 28.5 Å². The molecule has 0 fully saturated rings. The number of unbranched alkanes of at least 4 members (excludes halogenated alkanes) is 2. The average molecular weight is 735 g/mol. The Kier molecular flexibility index (Phi) is 16.6. The number of carbonyl (C=O) groups excluding carboxylic acids is 6. The smallest absolute Gasteiger partial charge is 0.490 e. The zero-order chi connectivity index (χ0) is 38.6. The topological polar surface area (TPSA) is 185 Å². The maximum atomic E-state index is 13.1. The normalized spacial score (nSPS) is 10.2. The molecule has 0 saturated carbocycles. The van der Waals surface area contributed by atoms with E-state index >= 15 is 0 Å². The number of rotatable bonds is 19. The molecule has 3 aromatic rings. The minimum atomic E-state index is -0.950. The monoisotopic (exact) mass is 734 g/mol. The van der Waals surface area contributed by atoms with Gasteiger partial charge in [-0.05, 0) is 92.8 Å². The van der Waals surface area contributed by atoms with E-state index in [1.54, 1.807) is 6.92 Å². The van der Waals surface area contributed by atoms with Gasteiger partial charge in [0, 0.05) is 12.2 Å². The van der Waals surface area contributed by atoms with Crippen LogP contribution in [0.4, 0.5) is 9.59 Å². The van der Waals surface area contributed by atoms with E-state index in [0.717, 1.165) is 12.2 Å². The van der Waals surface area contributed by atoms with Crippen molar-refractivity contribution in [2.24, 2.45) is 0 Å². The largest absolute Gasteiger partial charge is 0.513 e. The van der Waals surface area contributed by atoms with E-state index in [1.807, 2.05) is 0 Å². The highest BCUT2D eigenvalue weighted by Gasteiger charge is 2.21. The number of esters is 4. The Morgan fingerprint density at radius 3 is 1.55 bits per heavy atom. The molecule has 0 aliphatic rings. The highest BCUT2D eigenvalue weighted by Crippen LogP contribution is 2.38. The van der Waals surface area contributed by atoms with Crippen LogP contribution in [0.5, 0.6) is 28.7 Å². The molecule has 15 heteroatoms. The van der Waals surface area contributed by atoms with Crippen molar-refractivity contribution in [3.63, 3.8) is 0 Å². The number of ether oxygens (including phenoxy) is 9. The number of methoxy groups -OCH3 is 1. The lowest BCUT2D eigenvalue weighted by atomic mass is 10.1. The van der Waals surface area contributed by atoms with Crippen molar-refractivity contribution in [3.8, 4) is 28.7 Å². The molecule has 15 nitrogen and oxygen atoms in total. The highest BCUT2D eigenvalue weighted by atomic mass is 16.7. The van der Waals surface area contributed by atoms with E-state index in [9.17, 15) is 28.8 Å². The summed E-state index contributed by atoms with van der Waals surface area (Å²) in [4.78, 5) is 72.1. The summed E-state index contributed by atoms with van der Waals surface area (Å²) in [6, 6.07) is 14.1. The van der Waals surface area contributed by atoms with Gasteiger partial charge in [0.05, 0.1) is 44.7 Å². The molecular weight excluding hydrogens is 696 g/mol. The van der Waals surface area contributed by atoms with Crippen molar-refractivity contribution in [2.75, 3.05) is 33.5 Å². The molecule has 280 valence electrons. The van der Waals surface area contributed by atoms with Crippen molar-refractivity contribution in [1.29, 1.82) is 0 Å². The number of aryl methyl sites for hydroxylation is 1. The molecule has 0 atom stereocenters. The minimum absolute atomic E-state index is 0.0324. The molecule has 3 rings (SSSR count). The molecule has 0 N–H and O–H groups in total. The van der Waals surface area contributed by atoms with Gasteiger partial charge in [-0.25, -0.2) is 28.8 Å². The van der Waals surface area contributed by atoms with Gasteiger partial charge in [0.15, 0.2) is 11.5 Å². The maximum Gasteiger partial charge on any atom is 0.513 e. The van der Waals surface area contributed by atoms with Crippen molar-refractivity contribution < 1.29 is 71.4 Å². The molecule has 0 aromatic heterocycles. The lowest BCUT2D eigenvalue weighted by Crippen LogP contribution is -2.14. The van der Waals surface area contributed by atoms with E-state index < -0.39 is 36.2 Å². The first kappa shape index (κ1) is 40.8. The fraction of sp³-hybridized carbons (Fsp3) is 0.263. The lowest BCUT2D eigenvalue weighted by molar-refractivity contribution is -0.138. The predicted octanol–water partition coefficient (Wildman–Crippen LogP) is 6.49. The Bertz CT molecular complexity index is 1780. The van der Waals surface area contributed by atoms with Crippen molar-refractivity contribution in [1.82, 2.24) is 0 Å². The van der Waals surface area contributed by atoms with Gasteiger partial charge in [-0.3, -0.25) is 0 Å². The Morgan fingerprint density at radius 2 is 1.06 bits per heavy atom. The van der Waals surface area contributed by atoms with Gasteiger partial charge in [0.1, 0.15) is 11.5 Å². The van der Waals surface area contributed by atoms with E-state index in [-0.39, 0.29) is 66.3 Å². The van der Waals surface area contributed by atoms with Gasteiger partial charge in [-0.2, -0.15) is 0 Å². The Labute approximate surface area is 304 Å². The summed E-state index contributed by atoms with van der Waals surface area (Å²) in [5, 5.41) is 0. The molecule has 0 bridgehead atoms. The Morgan fingerprint density at radius 1 is 0.585 bits per heavy atom. The van der Waals surface area contributed by atoms with Crippen LogP contribution in [0.3, 0.4) is 0 Å². The number of benzene rings is 3. The third-order valence-corrected chi connectivity index (χ3v) is 6.80. The van der Waals surface area contributed by atoms with Gasteiger partial charge in [-0.15, -0.1) is 0 Å². The second kappa shape index (κ2) is 21.5. The molecule has 0 saturated heterocycles. The van der Waals surface area contributed by atoms with Crippen molar-refractivity contribution >= 4 is 36.2 Å². The second-order valence-corrected chi connectivity index (χ2v) is 10.6. The van der Waals surface area contributed by atoms with E-state index in [1.165, 1.54) is 67.8 Å². The van der Waals surface area contributed by atoms with Crippen LogP contribution < -0.4 is 23.7 Å². The van der Waals surface area contributed by atoms with Crippen LogP contribution in [0.2, 0.25) is 0 Å². The van der Waals surface area contributed by atoms with Gasteiger partial charge in [-0.1, -0.05) is 19.2 Å². The molecular formula is C38H38O15. The fourth-order valence-corrected chi connectivity index (χ4v) is 4.19. The summed E-state index contributed by atoms with van der Waals surface area (Å²) in [7, 11) is 1.31. The Hall–Kier alpha value is -6.64. The first-order valence-electron chi connectivity index (χ1n) is 16.1. The molecule has 0 radical (unpaired) electrons. The first-order valence-corrected chi connectivity index (χ1v) is 16.1. The second-order valence-electron chi connectivity index (χ2n) is 10.6. The minimum Gasteiger partial charge on any atom is -0.490 e. The van der Waals surface area contributed by atoms with Crippen LogP contribution in [0.15, 0.2) is 86.0 Å². The quantitative estimate of drug-likeness (QED) is 0.0325. The summed E-state index contributed by atoms with van der Waals surface area (Å²) in [5.41, 5.74) is 0.690. The lowest BCUT2D eigenvalue weighted by Gasteiger charge is -2.14. The summed E-state index contributed by atoms with van der Waals surface area (Å²) >= 11 is 0. The molecule has 0 unspecified atom stereocenters. The van der Waals surface area contributed by atoms with Crippen LogP contribution in [0.1, 0.15) is 52.0 Å². The van der Waals surface area contributed by atoms with E-state index in [4.69, 9.17) is 42.6 Å². The molecule has 0 heterocycles. The zero-order valence-corrected chi connectivity index (χ0v) is 29.1. The summed E-state index contributed by atoms with van der Waals surface area (Å²) < 4.78 is 46.4. The predicted molar refractivity (Wildman–Crippen MR) is 185 cm³/mol. The summed E-state index contributed by atoms with van der Waals surface area (Å²) in [6.45, 7) is 8.64. The molecule has 3 aromatic carbocycles. The Balaban J connectivity index is 1.51. The number of para-hydroxylation sites is 1. The molecule has 53 heavy (non-hydrogen) atoms. The number of carbonyl (C=O) groups is 6. The third-order valence-electron chi connectivity index (χ3n) is 6.80. The van der Waals surface area contributed by atoms with Gasteiger partial charge >= 0.3 is 36.2 Å². The van der Waals surface area contributed by atoms with Crippen LogP contribution in [0, 0.1) is 6.92 Å². The fourth-order valence-electron chi connectivity index (χ4n) is 4.19. The first-order chi connectivity index (χ1) is 25.5. The highest BCUT2D eigenvalue weighted by molar-refractivity contribution is 5.94. The molecule has 0 spiro atoms. The molecule has 0 amide bonds.